The van der Waals surface area contributed by atoms with Crippen molar-refractivity contribution in [3.8, 4) is 0 Å². The second-order valence-electron chi connectivity index (χ2n) is 4.10. The summed E-state index contributed by atoms with van der Waals surface area (Å²) in [5.74, 6) is -0.122. The Kier molecular flexibility index (Phi) is 3.92. The average Bonchev–Trinajstić information content (AvgIpc) is 2.38. The molecule has 0 fully saturated rings. The number of anilines is 1. The van der Waals surface area contributed by atoms with Crippen LogP contribution in [0.2, 0.25) is 0 Å². The number of hydrogen-bond donors (Lipinski definition) is 1. The predicted molar refractivity (Wildman–Crippen MR) is 75.3 cm³/mol. The van der Waals surface area contributed by atoms with Gasteiger partial charge >= 0.3 is 0 Å². The molecule has 0 aliphatic heterocycles. The van der Waals surface area contributed by atoms with Crippen LogP contribution >= 0.6 is 0 Å². The molecule has 0 bridgehead atoms. The molecule has 1 N–H and O–H groups in total. The smallest absolute Gasteiger partial charge is 0.248 e. The van der Waals surface area contributed by atoms with Crippen LogP contribution in [0.15, 0.2) is 60.7 Å². The first kappa shape index (κ1) is 12.1. The lowest BCUT2D eigenvalue weighted by molar-refractivity contribution is -0.111. The Hall–Kier alpha value is -2.35. The van der Waals surface area contributed by atoms with Crippen LogP contribution in [-0.2, 0) is 4.79 Å². The molecular weight excluding hydrogens is 222 g/mol. The van der Waals surface area contributed by atoms with Crippen molar-refractivity contribution in [2.75, 3.05) is 5.32 Å². The zero-order chi connectivity index (χ0) is 12.8. The number of amides is 1. The van der Waals surface area contributed by atoms with Gasteiger partial charge in [0.05, 0.1) is 0 Å². The van der Waals surface area contributed by atoms with E-state index in [1.54, 1.807) is 6.08 Å². The molecule has 0 unspecified atom stereocenters. The Labute approximate surface area is 107 Å². The molecule has 0 atom stereocenters. The lowest BCUT2D eigenvalue weighted by Crippen LogP contribution is -2.07. The van der Waals surface area contributed by atoms with Gasteiger partial charge in [-0.1, -0.05) is 48.0 Å². The molecule has 0 aliphatic rings. The molecule has 1 amide bonds. The first-order chi connectivity index (χ1) is 8.74. The summed E-state index contributed by atoms with van der Waals surface area (Å²) in [5, 5.41) is 2.80. The molecule has 0 saturated carbocycles. The quantitative estimate of drug-likeness (QED) is 0.811. The molecule has 0 heterocycles. The Bertz CT molecular complexity index is 558. The van der Waals surface area contributed by atoms with E-state index < -0.39 is 0 Å². The molecule has 0 spiro atoms. The van der Waals surface area contributed by atoms with Crippen molar-refractivity contribution < 1.29 is 4.79 Å². The molecule has 2 rings (SSSR count). The number of hydrogen-bond acceptors (Lipinski definition) is 1. The minimum atomic E-state index is -0.122. The van der Waals surface area contributed by atoms with Crippen LogP contribution in [0.1, 0.15) is 11.1 Å². The second kappa shape index (κ2) is 5.82. The van der Waals surface area contributed by atoms with E-state index in [4.69, 9.17) is 0 Å². The van der Waals surface area contributed by atoms with Gasteiger partial charge in [-0.25, -0.2) is 0 Å². The van der Waals surface area contributed by atoms with Crippen molar-refractivity contribution in [1.82, 2.24) is 0 Å². The molecule has 0 aromatic heterocycles. The fourth-order valence-corrected chi connectivity index (χ4v) is 1.65. The lowest BCUT2D eigenvalue weighted by atomic mass is 10.1. The third kappa shape index (κ3) is 3.59. The van der Waals surface area contributed by atoms with E-state index in [2.05, 4.69) is 5.32 Å². The fraction of sp³-hybridized carbons (Fsp3) is 0.0625. The van der Waals surface area contributed by atoms with Crippen LogP contribution in [0, 0.1) is 6.92 Å². The zero-order valence-electron chi connectivity index (χ0n) is 10.3. The number of para-hydroxylation sites is 1. The molecule has 0 saturated heterocycles. The molecule has 0 radical (unpaired) electrons. The highest BCUT2D eigenvalue weighted by Crippen LogP contribution is 2.07. The summed E-state index contributed by atoms with van der Waals surface area (Å²) in [4.78, 5) is 11.7. The van der Waals surface area contributed by atoms with Crippen LogP contribution < -0.4 is 5.32 Å². The Balaban J connectivity index is 1.99. The van der Waals surface area contributed by atoms with Gasteiger partial charge in [0.2, 0.25) is 5.91 Å². The topological polar surface area (TPSA) is 29.1 Å². The second-order valence-corrected chi connectivity index (χ2v) is 4.10. The van der Waals surface area contributed by atoms with Crippen molar-refractivity contribution in [2.24, 2.45) is 0 Å². The third-order valence-corrected chi connectivity index (χ3v) is 2.51. The van der Waals surface area contributed by atoms with Gasteiger partial charge in [0, 0.05) is 11.8 Å². The maximum absolute atomic E-state index is 11.7. The average molecular weight is 237 g/mol. The highest BCUT2D eigenvalue weighted by atomic mass is 16.1. The summed E-state index contributed by atoms with van der Waals surface area (Å²) in [6.45, 7) is 2.03. The van der Waals surface area contributed by atoms with Gasteiger partial charge in [0.15, 0.2) is 0 Å². The number of aryl methyl sites for hydroxylation is 1. The highest BCUT2D eigenvalue weighted by molar-refractivity contribution is 6.01. The van der Waals surface area contributed by atoms with E-state index in [0.29, 0.717) is 0 Å². The summed E-state index contributed by atoms with van der Waals surface area (Å²) in [5.41, 5.74) is 3.01. The minimum absolute atomic E-state index is 0.122. The number of nitrogens with one attached hydrogen (secondary N) is 1. The first-order valence-electron chi connectivity index (χ1n) is 5.85. The van der Waals surface area contributed by atoms with Gasteiger partial charge in [-0.3, -0.25) is 4.79 Å². The Morgan fingerprint density at radius 1 is 1.06 bits per heavy atom. The molecule has 90 valence electrons. The van der Waals surface area contributed by atoms with Crippen LogP contribution in [0.25, 0.3) is 6.08 Å². The van der Waals surface area contributed by atoms with Gasteiger partial charge in [-0.2, -0.15) is 0 Å². The van der Waals surface area contributed by atoms with Crippen molar-refractivity contribution in [2.45, 2.75) is 6.92 Å². The molecule has 2 nitrogen and oxygen atoms in total. The maximum Gasteiger partial charge on any atom is 0.248 e. The van der Waals surface area contributed by atoms with Crippen molar-refractivity contribution in [1.29, 1.82) is 0 Å². The maximum atomic E-state index is 11.7. The summed E-state index contributed by atoms with van der Waals surface area (Å²) >= 11 is 0. The van der Waals surface area contributed by atoms with Gasteiger partial charge in [-0.05, 0) is 30.7 Å². The molecule has 0 aliphatic carbocycles. The number of carbonyl (C=O) groups excluding carboxylic acids is 1. The van der Waals surface area contributed by atoms with Crippen LogP contribution in [0.5, 0.6) is 0 Å². The minimum Gasteiger partial charge on any atom is -0.323 e. The zero-order valence-corrected chi connectivity index (χ0v) is 10.3. The summed E-state index contributed by atoms with van der Waals surface area (Å²) < 4.78 is 0. The molecular formula is C16H15NO. The van der Waals surface area contributed by atoms with Gasteiger partial charge in [-0.15, -0.1) is 0 Å². The van der Waals surface area contributed by atoms with E-state index in [-0.39, 0.29) is 5.91 Å². The van der Waals surface area contributed by atoms with E-state index >= 15 is 0 Å². The van der Waals surface area contributed by atoms with Crippen LogP contribution in [0.4, 0.5) is 5.69 Å². The fourth-order valence-electron chi connectivity index (χ4n) is 1.65. The van der Waals surface area contributed by atoms with E-state index in [0.717, 1.165) is 11.3 Å². The SMILES string of the molecule is Cc1cccc(/C=C/C(=O)Nc2ccccc2)c1. The number of benzene rings is 2. The van der Waals surface area contributed by atoms with E-state index in [1.165, 1.54) is 5.56 Å². The molecule has 2 aromatic carbocycles. The van der Waals surface area contributed by atoms with Crippen molar-refractivity contribution in [3.63, 3.8) is 0 Å². The summed E-state index contributed by atoms with van der Waals surface area (Å²) in [6.07, 6.45) is 3.35. The number of carbonyl (C=O) groups is 1. The van der Waals surface area contributed by atoms with E-state index in [1.807, 2.05) is 67.6 Å². The molecule has 2 heteroatoms. The molecule has 2 aromatic rings. The standard InChI is InChI=1S/C16H15NO/c1-13-6-5-7-14(12-13)10-11-16(18)17-15-8-3-2-4-9-15/h2-12H,1H3,(H,17,18)/b11-10+. The van der Waals surface area contributed by atoms with E-state index in [9.17, 15) is 4.79 Å². The largest absolute Gasteiger partial charge is 0.323 e. The van der Waals surface area contributed by atoms with Crippen molar-refractivity contribution >= 4 is 17.7 Å². The van der Waals surface area contributed by atoms with Gasteiger partial charge in [0.1, 0.15) is 0 Å². The van der Waals surface area contributed by atoms with Crippen LogP contribution in [0.3, 0.4) is 0 Å². The normalized spacial score (nSPS) is 10.5. The van der Waals surface area contributed by atoms with Crippen molar-refractivity contribution in [3.05, 3.63) is 71.8 Å². The summed E-state index contributed by atoms with van der Waals surface area (Å²) in [6, 6.07) is 17.4. The third-order valence-electron chi connectivity index (χ3n) is 2.51. The van der Waals surface area contributed by atoms with Gasteiger partial charge < -0.3 is 5.32 Å². The predicted octanol–water partition coefficient (Wildman–Crippen LogP) is 3.65. The Morgan fingerprint density at radius 2 is 1.83 bits per heavy atom. The number of rotatable bonds is 3. The Morgan fingerprint density at radius 3 is 2.56 bits per heavy atom. The van der Waals surface area contributed by atoms with Gasteiger partial charge in [0.25, 0.3) is 0 Å². The monoisotopic (exact) mass is 237 g/mol. The molecule has 18 heavy (non-hydrogen) atoms. The first-order valence-corrected chi connectivity index (χ1v) is 5.85. The lowest BCUT2D eigenvalue weighted by Gasteiger charge is -2.00. The summed E-state index contributed by atoms with van der Waals surface area (Å²) in [7, 11) is 0. The highest BCUT2D eigenvalue weighted by Gasteiger charge is 1.96. The van der Waals surface area contributed by atoms with Crippen LogP contribution in [-0.4, -0.2) is 5.91 Å².